The Hall–Kier alpha value is -1.56. The van der Waals surface area contributed by atoms with E-state index in [1.807, 2.05) is 37.7 Å². The lowest BCUT2D eigenvalue weighted by Gasteiger charge is -2.33. The van der Waals surface area contributed by atoms with Crippen LogP contribution in [0.3, 0.4) is 0 Å². The number of aryl methyl sites for hydroxylation is 1. The first-order chi connectivity index (χ1) is 10.4. The smallest absolute Gasteiger partial charge is 0.410 e. The van der Waals surface area contributed by atoms with Gasteiger partial charge in [0.2, 0.25) is 0 Å². The fourth-order valence-electron chi connectivity index (χ4n) is 2.64. The highest BCUT2D eigenvalue weighted by atomic mass is 16.6. The first-order valence-corrected chi connectivity index (χ1v) is 8.11. The molecule has 6 nitrogen and oxygen atoms in total. The second-order valence-corrected chi connectivity index (χ2v) is 6.76. The summed E-state index contributed by atoms with van der Waals surface area (Å²) in [5.74, 6) is 0. The number of nitrogens with zero attached hydrogens (tertiary/aromatic N) is 3. The third-order valence-corrected chi connectivity index (χ3v) is 3.82. The van der Waals surface area contributed by atoms with E-state index in [9.17, 15) is 4.79 Å². The Morgan fingerprint density at radius 3 is 2.68 bits per heavy atom. The van der Waals surface area contributed by atoms with Gasteiger partial charge in [-0.25, -0.2) is 4.79 Å². The molecule has 2 heterocycles. The second-order valence-electron chi connectivity index (χ2n) is 6.76. The van der Waals surface area contributed by atoms with Crippen molar-refractivity contribution < 1.29 is 9.53 Å². The van der Waals surface area contributed by atoms with Crippen LogP contribution in [0.15, 0.2) is 12.3 Å². The van der Waals surface area contributed by atoms with Crippen LogP contribution in [0.5, 0.6) is 0 Å². The quantitative estimate of drug-likeness (QED) is 0.928. The normalized spacial score (nSPS) is 16.8. The summed E-state index contributed by atoms with van der Waals surface area (Å²) in [5.41, 5.74) is 0.780. The minimum absolute atomic E-state index is 0.199. The predicted molar refractivity (Wildman–Crippen MR) is 85.6 cm³/mol. The van der Waals surface area contributed by atoms with Crippen LogP contribution in [-0.4, -0.2) is 45.5 Å². The molecule has 1 aromatic rings. The monoisotopic (exact) mass is 308 g/mol. The number of hydrogen-bond acceptors (Lipinski definition) is 4. The molecule has 2 rings (SSSR count). The van der Waals surface area contributed by atoms with Crippen LogP contribution in [0.1, 0.15) is 46.2 Å². The molecule has 6 heteroatoms. The average Bonchev–Trinajstić information content (AvgIpc) is 2.91. The average molecular weight is 308 g/mol. The molecule has 1 N–H and O–H groups in total. The summed E-state index contributed by atoms with van der Waals surface area (Å²) in [7, 11) is 0. The Labute approximate surface area is 132 Å². The van der Waals surface area contributed by atoms with Crippen molar-refractivity contribution in [1.29, 1.82) is 0 Å². The maximum atomic E-state index is 12.0. The molecular formula is C16H28N4O2. The molecule has 124 valence electrons. The van der Waals surface area contributed by atoms with Gasteiger partial charge < -0.3 is 15.0 Å². The van der Waals surface area contributed by atoms with Crippen molar-refractivity contribution in [1.82, 2.24) is 20.0 Å². The molecule has 0 spiro atoms. The van der Waals surface area contributed by atoms with Crippen molar-refractivity contribution in [2.45, 2.75) is 65.3 Å². The molecule has 1 aromatic heterocycles. The summed E-state index contributed by atoms with van der Waals surface area (Å²) in [4.78, 5) is 13.8. The van der Waals surface area contributed by atoms with E-state index in [1.54, 1.807) is 4.90 Å². The zero-order valence-electron chi connectivity index (χ0n) is 14.1. The molecule has 0 unspecified atom stereocenters. The molecular weight excluding hydrogens is 280 g/mol. The van der Waals surface area contributed by atoms with Crippen molar-refractivity contribution in [3.8, 4) is 0 Å². The topological polar surface area (TPSA) is 59.4 Å². The summed E-state index contributed by atoms with van der Waals surface area (Å²) >= 11 is 0. The van der Waals surface area contributed by atoms with E-state index in [2.05, 4.69) is 17.3 Å². The van der Waals surface area contributed by atoms with Gasteiger partial charge in [0, 0.05) is 38.4 Å². The lowest BCUT2D eigenvalue weighted by atomic mass is 10.1. The number of hydrogen-bond donors (Lipinski definition) is 1. The Balaban J connectivity index is 1.74. The van der Waals surface area contributed by atoms with E-state index in [4.69, 9.17) is 4.74 Å². The van der Waals surface area contributed by atoms with Crippen molar-refractivity contribution in [3.63, 3.8) is 0 Å². The van der Waals surface area contributed by atoms with E-state index < -0.39 is 5.60 Å². The number of rotatable bonds is 4. The number of nitrogens with one attached hydrogen (secondary N) is 1. The fraction of sp³-hybridized carbons (Fsp3) is 0.750. The highest BCUT2D eigenvalue weighted by molar-refractivity contribution is 5.68. The van der Waals surface area contributed by atoms with Crippen LogP contribution in [0.4, 0.5) is 4.79 Å². The molecule has 1 saturated heterocycles. The van der Waals surface area contributed by atoms with Gasteiger partial charge in [-0.1, -0.05) is 0 Å². The second kappa shape index (κ2) is 7.13. The lowest BCUT2D eigenvalue weighted by molar-refractivity contribution is 0.0198. The zero-order valence-corrected chi connectivity index (χ0v) is 14.1. The first-order valence-electron chi connectivity index (χ1n) is 8.11. The van der Waals surface area contributed by atoms with Crippen molar-refractivity contribution in [2.75, 3.05) is 13.1 Å². The molecule has 22 heavy (non-hydrogen) atoms. The predicted octanol–water partition coefficient (Wildman–Crippen LogP) is 2.39. The maximum absolute atomic E-state index is 12.0. The van der Waals surface area contributed by atoms with E-state index >= 15 is 0 Å². The summed E-state index contributed by atoms with van der Waals surface area (Å²) < 4.78 is 7.42. The number of likely N-dealkylation sites (tertiary alicyclic amines) is 1. The van der Waals surface area contributed by atoms with Crippen LogP contribution in [-0.2, 0) is 17.8 Å². The minimum atomic E-state index is -0.426. The summed E-state index contributed by atoms with van der Waals surface area (Å²) in [6.45, 7) is 11.0. The fourth-order valence-corrected chi connectivity index (χ4v) is 2.64. The highest BCUT2D eigenvalue weighted by Gasteiger charge is 2.26. The Morgan fingerprint density at radius 1 is 1.41 bits per heavy atom. The van der Waals surface area contributed by atoms with Crippen LogP contribution in [0.25, 0.3) is 0 Å². The van der Waals surface area contributed by atoms with Crippen LogP contribution in [0, 0.1) is 0 Å². The first kappa shape index (κ1) is 16.8. The molecule has 1 amide bonds. The maximum Gasteiger partial charge on any atom is 0.410 e. The van der Waals surface area contributed by atoms with Gasteiger partial charge in [-0.2, -0.15) is 5.10 Å². The van der Waals surface area contributed by atoms with Crippen molar-refractivity contribution in [2.24, 2.45) is 0 Å². The standard InChI is InChI=1S/C16H28N4O2/c1-5-20-14(6-9-18-20)12-17-13-7-10-19(11-8-13)15(21)22-16(2,3)4/h6,9,13,17H,5,7-8,10-12H2,1-4H3. The molecule has 1 aliphatic rings. The largest absolute Gasteiger partial charge is 0.444 e. The molecule has 1 aliphatic heterocycles. The minimum Gasteiger partial charge on any atom is -0.444 e. The molecule has 0 saturated carbocycles. The Morgan fingerprint density at radius 2 is 2.09 bits per heavy atom. The van der Waals surface area contributed by atoms with Crippen LogP contribution >= 0.6 is 0 Å². The van der Waals surface area contributed by atoms with Gasteiger partial charge >= 0.3 is 6.09 Å². The molecule has 0 aliphatic carbocycles. The van der Waals surface area contributed by atoms with Crippen molar-refractivity contribution in [3.05, 3.63) is 18.0 Å². The molecule has 0 atom stereocenters. The molecule has 0 bridgehead atoms. The van der Waals surface area contributed by atoms with Gasteiger partial charge in [-0.15, -0.1) is 0 Å². The third-order valence-electron chi connectivity index (χ3n) is 3.82. The van der Waals surface area contributed by atoms with Gasteiger partial charge in [0.25, 0.3) is 0 Å². The van der Waals surface area contributed by atoms with E-state index in [1.165, 1.54) is 5.69 Å². The van der Waals surface area contributed by atoms with Gasteiger partial charge in [-0.05, 0) is 46.6 Å². The zero-order chi connectivity index (χ0) is 16.2. The van der Waals surface area contributed by atoms with Gasteiger partial charge in [0.1, 0.15) is 5.60 Å². The van der Waals surface area contributed by atoms with Gasteiger partial charge in [-0.3, -0.25) is 4.68 Å². The summed E-state index contributed by atoms with van der Waals surface area (Å²) in [6, 6.07) is 2.49. The van der Waals surface area contributed by atoms with Crippen LogP contribution in [0.2, 0.25) is 0 Å². The lowest BCUT2D eigenvalue weighted by Crippen LogP contribution is -2.46. The van der Waals surface area contributed by atoms with Crippen LogP contribution < -0.4 is 5.32 Å². The van der Waals surface area contributed by atoms with Gasteiger partial charge in [0.05, 0.1) is 5.69 Å². The number of carbonyl (C=O) groups excluding carboxylic acids is 1. The number of amides is 1. The van der Waals surface area contributed by atoms with E-state index in [-0.39, 0.29) is 6.09 Å². The Kier molecular flexibility index (Phi) is 5.45. The number of ether oxygens (including phenoxy) is 1. The van der Waals surface area contributed by atoms with E-state index in [0.29, 0.717) is 6.04 Å². The number of piperidine rings is 1. The Bertz CT molecular complexity index is 485. The summed E-state index contributed by atoms with van der Waals surface area (Å²) in [5, 5.41) is 7.84. The SMILES string of the molecule is CCn1nccc1CNC1CCN(C(=O)OC(C)(C)C)CC1. The summed E-state index contributed by atoms with van der Waals surface area (Å²) in [6.07, 6.45) is 3.56. The van der Waals surface area contributed by atoms with E-state index in [0.717, 1.165) is 39.0 Å². The third kappa shape index (κ3) is 4.73. The molecule has 1 fully saturated rings. The number of aromatic nitrogens is 2. The number of carbonyl (C=O) groups is 1. The van der Waals surface area contributed by atoms with Gasteiger partial charge in [0.15, 0.2) is 0 Å². The van der Waals surface area contributed by atoms with Crippen molar-refractivity contribution >= 4 is 6.09 Å². The molecule has 0 radical (unpaired) electrons. The highest BCUT2D eigenvalue weighted by Crippen LogP contribution is 2.15. The molecule has 0 aromatic carbocycles.